The van der Waals surface area contributed by atoms with Gasteiger partial charge in [-0.15, -0.1) is 0 Å². The summed E-state index contributed by atoms with van der Waals surface area (Å²) < 4.78 is 43.0. The molecule has 1 saturated heterocycles. The summed E-state index contributed by atoms with van der Waals surface area (Å²) in [5.41, 5.74) is 0. The molecular formula is C84H152N4O22. The number of hydrogen-bond donors (Lipinski definition) is 5. The lowest BCUT2D eigenvalue weighted by Gasteiger charge is -2.34. The van der Waals surface area contributed by atoms with Crippen LogP contribution >= 0.6 is 0 Å². The molecule has 26 heteroatoms. The molecule has 0 radical (unpaired) electrons. The fraction of sp³-hybridized carbons (Fsp3) is 0.869. The zero-order valence-electron chi connectivity index (χ0n) is 68.9. The highest BCUT2D eigenvalue weighted by molar-refractivity contribution is 5.85. The number of nitrogens with zero attached hydrogens (tertiary/aromatic N) is 2. The Morgan fingerprint density at radius 3 is 0.955 bits per heavy atom. The Hall–Kier alpha value is -5.19. The monoisotopic (exact) mass is 1570 g/mol. The third-order valence-electron chi connectivity index (χ3n) is 19.2. The molecule has 0 unspecified atom stereocenters. The van der Waals surface area contributed by atoms with E-state index in [2.05, 4.69) is 15.5 Å². The molecule has 0 aliphatic carbocycles. The third-order valence-corrected chi connectivity index (χ3v) is 19.2. The highest BCUT2D eigenvalue weighted by atomic mass is 16.5. The van der Waals surface area contributed by atoms with Crippen LogP contribution in [0, 0.1) is 17.8 Å². The van der Waals surface area contributed by atoms with Crippen molar-refractivity contribution < 1.29 is 106 Å². The number of nitrogens with one attached hydrogen (secondary N) is 2. The van der Waals surface area contributed by atoms with E-state index in [4.69, 9.17) is 48.1 Å². The summed E-state index contributed by atoms with van der Waals surface area (Å²) in [7, 11) is 0. The first-order valence-electron chi connectivity index (χ1n) is 42.6. The standard InChI is InChI=1S/C42H77N3O10.C42H75NO12/c1-37(2)39(47)36-55-33-30-52-28-19-20-38(46)35-54-32-31-53-29-23-43-40(48)34-44-24-26-45(27-25-44)41(49)21-17-15-13-11-9-7-5-3-4-6-8-10-12-14-16-18-22-42(50)51;1-35(2)39(46)34-55-31-28-52-26-19-21-38(45)33-54-30-29-53-27-25-43-40(47)24-23-36(42(50)51)32-37(44)20-17-15-13-11-9-7-5-3-4-6-8-10-12-14-16-18-22-41(48)49/h37H,3-36H2,1-2H3,(H,43,48)(H,50,51);35-36H,3-34H2,1-2H3,(H,43,47)(H,48,49)(H,50,51)/t;36-/m.1/s1. The van der Waals surface area contributed by atoms with Crippen molar-refractivity contribution in [2.24, 2.45) is 17.8 Å². The van der Waals surface area contributed by atoms with E-state index in [-0.39, 0.29) is 137 Å². The van der Waals surface area contributed by atoms with E-state index in [9.17, 15) is 57.8 Å². The number of rotatable bonds is 82. The minimum absolute atomic E-state index is 0.00246. The summed E-state index contributed by atoms with van der Waals surface area (Å²) in [5, 5.41) is 32.4. The average molecular weight is 1570 g/mol. The fourth-order valence-electron chi connectivity index (χ4n) is 12.1. The predicted molar refractivity (Wildman–Crippen MR) is 425 cm³/mol. The van der Waals surface area contributed by atoms with Gasteiger partial charge in [-0.3, -0.25) is 57.6 Å². The van der Waals surface area contributed by atoms with Crippen LogP contribution in [0.5, 0.6) is 0 Å². The van der Waals surface area contributed by atoms with E-state index in [1.54, 1.807) is 0 Å². The van der Waals surface area contributed by atoms with Crippen LogP contribution in [0.15, 0.2) is 0 Å². The molecule has 1 atom stereocenters. The number of piperazine rings is 1. The van der Waals surface area contributed by atoms with Crippen molar-refractivity contribution in [3.8, 4) is 0 Å². The molecule has 0 aromatic heterocycles. The second-order valence-electron chi connectivity index (χ2n) is 30.0. The molecule has 0 aromatic carbocycles. The fourth-order valence-corrected chi connectivity index (χ4v) is 12.1. The predicted octanol–water partition coefficient (Wildman–Crippen LogP) is 13.3. The van der Waals surface area contributed by atoms with E-state index < -0.39 is 23.8 Å². The van der Waals surface area contributed by atoms with Crippen LogP contribution in [0.25, 0.3) is 0 Å². The molecule has 1 fully saturated rings. The first-order chi connectivity index (χ1) is 53.2. The summed E-state index contributed by atoms with van der Waals surface area (Å²) in [5.74, 6) is -3.49. The largest absolute Gasteiger partial charge is 0.481 e. The van der Waals surface area contributed by atoms with E-state index in [1.165, 1.54) is 128 Å². The molecule has 1 rings (SSSR count). The van der Waals surface area contributed by atoms with Gasteiger partial charge >= 0.3 is 17.9 Å². The molecule has 5 N–H and O–H groups in total. The zero-order chi connectivity index (χ0) is 81.0. The van der Waals surface area contributed by atoms with Crippen molar-refractivity contribution in [2.45, 2.75) is 304 Å². The van der Waals surface area contributed by atoms with Gasteiger partial charge in [0.25, 0.3) is 0 Å². The van der Waals surface area contributed by atoms with Gasteiger partial charge in [0.15, 0.2) is 23.1 Å². The number of Topliss-reactive ketones (excluding diaryl/α,β-unsaturated/α-hetero) is 5. The van der Waals surface area contributed by atoms with E-state index >= 15 is 0 Å². The first kappa shape index (κ1) is 105. The average Bonchev–Trinajstić information content (AvgIpc) is 0.881. The number of carbonyl (C=O) groups is 11. The van der Waals surface area contributed by atoms with Crippen molar-refractivity contribution >= 4 is 64.5 Å². The Bertz CT molecular complexity index is 2340. The Morgan fingerprint density at radius 1 is 0.309 bits per heavy atom. The quantitative estimate of drug-likeness (QED) is 0.0353. The van der Waals surface area contributed by atoms with E-state index in [1.807, 2.05) is 32.6 Å². The van der Waals surface area contributed by atoms with Gasteiger partial charge in [0.05, 0.1) is 78.5 Å². The van der Waals surface area contributed by atoms with Gasteiger partial charge in [0.2, 0.25) is 17.7 Å². The molecule has 640 valence electrons. The molecule has 3 amide bonds. The number of carboxylic acid groups (broad SMARTS) is 3. The summed E-state index contributed by atoms with van der Waals surface area (Å²) in [6.45, 7) is 15.3. The number of aliphatic carboxylic acids is 3. The zero-order valence-corrected chi connectivity index (χ0v) is 68.9. The van der Waals surface area contributed by atoms with Crippen molar-refractivity contribution in [2.75, 3.05) is 152 Å². The molecule has 0 spiro atoms. The van der Waals surface area contributed by atoms with Gasteiger partial charge in [-0.25, -0.2) is 0 Å². The number of unbranched alkanes of at least 4 members (excludes halogenated alkanes) is 30. The Labute approximate surface area is 661 Å². The molecule has 26 nitrogen and oxygen atoms in total. The number of ketones is 5. The highest BCUT2D eigenvalue weighted by Crippen LogP contribution is 2.19. The molecule has 1 aliphatic rings. The van der Waals surface area contributed by atoms with Crippen molar-refractivity contribution in [1.29, 1.82) is 0 Å². The summed E-state index contributed by atoms with van der Waals surface area (Å²) in [4.78, 5) is 133. The van der Waals surface area contributed by atoms with Crippen molar-refractivity contribution in [3.05, 3.63) is 0 Å². The normalized spacial score (nSPS) is 12.6. The van der Waals surface area contributed by atoms with Crippen LogP contribution in [-0.2, 0) is 90.6 Å². The van der Waals surface area contributed by atoms with Crippen LogP contribution in [0.2, 0.25) is 0 Å². The molecule has 1 heterocycles. The molecule has 0 bridgehead atoms. The molecule has 110 heavy (non-hydrogen) atoms. The second kappa shape index (κ2) is 77.7. The van der Waals surface area contributed by atoms with Crippen molar-refractivity contribution in [1.82, 2.24) is 20.4 Å². The maximum atomic E-state index is 12.7. The Morgan fingerprint density at radius 2 is 0.609 bits per heavy atom. The maximum Gasteiger partial charge on any atom is 0.306 e. The number of carbonyl (C=O) groups excluding carboxylic acids is 8. The van der Waals surface area contributed by atoms with Gasteiger partial charge in [-0.1, -0.05) is 207 Å². The SMILES string of the molecule is CC(C)C(=O)COCCOCCCC(=O)COCCOCCNC(=O)CC[C@H](CC(=O)CCCCCCCCCCCCCCCCCCC(=O)O)C(=O)O.CC(C)C(=O)COCCOCCCC(=O)COCCOCCNC(=O)CN1CCN(C(=O)CCCCCCCCCCCCCCCCCCC(=O)O)CC1. The van der Waals surface area contributed by atoms with E-state index in [0.29, 0.717) is 144 Å². The Balaban J connectivity index is 0.00000216. The number of amides is 3. The van der Waals surface area contributed by atoms with Crippen LogP contribution in [-0.4, -0.2) is 241 Å². The minimum atomic E-state index is -1.06. The topological polar surface area (TPSA) is 353 Å². The van der Waals surface area contributed by atoms with E-state index in [0.717, 1.165) is 77.0 Å². The van der Waals surface area contributed by atoms with Crippen LogP contribution in [0.3, 0.4) is 0 Å². The molecular weight excluding hydrogens is 1420 g/mol. The lowest BCUT2D eigenvalue weighted by Crippen LogP contribution is -2.51. The second-order valence-corrected chi connectivity index (χ2v) is 30.0. The lowest BCUT2D eigenvalue weighted by molar-refractivity contribution is -0.144. The lowest BCUT2D eigenvalue weighted by atomic mass is 9.94. The van der Waals surface area contributed by atoms with Gasteiger partial charge in [-0.05, 0) is 44.9 Å². The van der Waals surface area contributed by atoms with Gasteiger partial charge in [-0.2, -0.15) is 0 Å². The Kier molecular flexibility index (Phi) is 74.1. The number of carboxylic acids is 3. The highest BCUT2D eigenvalue weighted by Gasteiger charge is 2.24. The molecule has 0 aromatic rings. The number of hydrogen-bond acceptors (Lipinski definition) is 20. The van der Waals surface area contributed by atoms with Gasteiger partial charge in [0, 0.05) is 116 Å². The minimum Gasteiger partial charge on any atom is -0.481 e. The summed E-state index contributed by atoms with van der Waals surface area (Å²) in [6.07, 6.45) is 40.9. The van der Waals surface area contributed by atoms with Gasteiger partial charge in [0.1, 0.15) is 32.2 Å². The van der Waals surface area contributed by atoms with Crippen LogP contribution < -0.4 is 10.6 Å². The van der Waals surface area contributed by atoms with Crippen LogP contribution in [0.4, 0.5) is 0 Å². The molecule has 1 aliphatic heterocycles. The smallest absolute Gasteiger partial charge is 0.306 e. The summed E-state index contributed by atoms with van der Waals surface area (Å²) >= 11 is 0. The van der Waals surface area contributed by atoms with Gasteiger partial charge < -0.3 is 68.7 Å². The maximum absolute atomic E-state index is 12.7. The summed E-state index contributed by atoms with van der Waals surface area (Å²) in [6, 6.07) is 0. The third kappa shape index (κ3) is 74.2. The molecule has 0 saturated carbocycles. The van der Waals surface area contributed by atoms with Crippen LogP contribution in [0.1, 0.15) is 304 Å². The van der Waals surface area contributed by atoms with Crippen molar-refractivity contribution in [3.63, 3.8) is 0 Å². The number of ether oxygens (including phenoxy) is 8. The first-order valence-corrected chi connectivity index (χ1v) is 42.6.